The van der Waals surface area contributed by atoms with Gasteiger partial charge in [-0.15, -0.1) is 11.3 Å². The van der Waals surface area contributed by atoms with Crippen molar-refractivity contribution >= 4 is 53.4 Å². The maximum Gasteiger partial charge on any atom is 0.333 e. The summed E-state index contributed by atoms with van der Waals surface area (Å²) in [6.45, 7) is 7.19. The third kappa shape index (κ3) is 2.91. The lowest BCUT2D eigenvalue weighted by molar-refractivity contribution is -0.715. The fourth-order valence-electron chi connectivity index (χ4n) is 9.87. The summed E-state index contributed by atoms with van der Waals surface area (Å²) < 4.78 is 6.49. The molecule has 3 aromatic heterocycles. The number of para-hydroxylation sites is 2. The molecule has 0 spiro atoms. The van der Waals surface area contributed by atoms with E-state index in [1.807, 2.05) is 11.3 Å². The Kier molecular flexibility index (Phi) is 4.59. The predicted octanol–water partition coefficient (Wildman–Crippen LogP) is 10.9. The molecule has 6 aromatic carbocycles. The lowest BCUT2D eigenvalue weighted by atomic mass is 9.79. The van der Waals surface area contributed by atoms with Crippen LogP contribution in [0.5, 0.6) is 0 Å². The van der Waals surface area contributed by atoms with Gasteiger partial charge in [-0.2, -0.15) is 0 Å². The van der Waals surface area contributed by atoms with Gasteiger partial charge in [-0.3, -0.25) is 4.57 Å². The lowest BCUT2D eigenvalue weighted by Crippen LogP contribution is -2.56. The van der Waals surface area contributed by atoms with Crippen molar-refractivity contribution in [3.05, 3.63) is 150 Å². The van der Waals surface area contributed by atoms with E-state index in [2.05, 4.69) is 157 Å². The normalized spacial score (nSPS) is 17.5. The minimum absolute atomic E-state index is 0.0928. The summed E-state index contributed by atoms with van der Waals surface area (Å²) in [4.78, 5) is 6.81. The third-order valence-electron chi connectivity index (χ3n) is 12.0. The molecule has 0 bridgehead atoms. The Balaban J connectivity index is 1.23. The molecule has 0 radical (unpaired) electrons. The van der Waals surface area contributed by atoms with Crippen molar-refractivity contribution < 1.29 is 4.57 Å². The highest BCUT2D eigenvalue weighted by molar-refractivity contribution is 7.25. The highest BCUT2D eigenvalue weighted by atomic mass is 32.1. The van der Waals surface area contributed by atoms with Crippen LogP contribution in [0.4, 0.5) is 0 Å². The van der Waals surface area contributed by atoms with E-state index in [0.29, 0.717) is 0 Å². The van der Waals surface area contributed by atoms with Gasteiger partial charge >= 0.3 is 5.82 Å². The van der Waals surface area contributed by atoms with Crippen LogP contribution in [0.25, 0.3) is 81.6 Å². The van der Waals surface area contributed by atoms with Gasteiger partial charge in [0.1, 0.15) is 10.5 Å². The first-order valence-corrected chi connectivity index (χ1v) is 18.0. The van der Waals surface area contributed by atoms with E-state index in [4.69, 9.17) is 4.98 Å². The Morgan fingerprint density at radius 2 is 1.35 bits per heavy atom. The van der Waals surface area contributed by atoms with Gasteiger partial charge in [0.05, 0.1) is 22.2 Å². The third-order valence-corrected chi connectivity index (χ3v) is 13.1. The van der Waals surface area contributed by atoms with Crippen molar-refractivity contribution in [2.45, 2.75) is 31.7 Å². The number of thiophene rings is 1. The lowest BCUT2D eigenvalue weighted by Gasteiger charge is -2.33. The molecule has 9 aromatic rings. The van der Waals surface area contributed by atoms with Crippen LogP contribution >= 0.6 is 11.3 Å². The molecular weight excluding hydrogens is 615 g/mol. The van der Waals surface area contributed by atoms with Crippen molar-refractivity contribution in [3.8, 4) is 39.5 Å². The first-order chi connectivity index (χ1) is 24.0. The molecule has 0 saturated heterocycles. The standard InChI is InChI=1S/C45H30N3S/c1-44(2)32-17-7-4-12-26(32)27-23-22-25(24-34(27)44)40-28-13-5-8-19-35(28)46-42-31-16-11-20-36-39(31)45(3,48(40)42)33-18-10-15-30-38-29-14-6-9-21-37(29)49-43(38)47(36)41(30)33/h4-24H,1-3H3/q+1. The number of fused-ring (bicyclic) bond motifs is 14. The van der Waals surface area contributed by atoms with Crippen LogP contribution in [0, 0.1) is 0 Å². The monoisotopic (exact) mass is 644 g/mol. The van der Waals surface area contributed by atoms with E-state index in [1.54, 1.807) is 0 Å². The first kappa shape index (κ1) is 26.4. The second kappa shape index (κ2) is 8.52. The van der Waals surface area contributed by atoms with Crippen LogP contribution in [0.1, 0.15) is 43.0 Å². The zero-order chi connectivity index (χ0) is 32.4. The van der Waals surface area contributed by atoms with E-state index >= 15 is 0 Å². The van der Waals surface area contributed by atoms with Gasteiger partial charge in [-0.05, 0) is 70.6 Å². The summed E-state index contributed by atoms with van der Waals surface area (Å²) >= 11 is 1.90. The quantitative estimate of drug-likeness (QED) is 0.163. The summed E-state index contributed by atoms with van der Waals surface area (Å²) in [5.74, 6) is 1.03. The zero-order valence-corrected chi connectivity index (χ0v) is 28.2. The van der Waals surface area contributed by atoms with E-state index in [1.165, 1.54) is 92.5 Å². The molecule has 49 heavy (non-hydrogen) atoms. The molecule has 1 atom stereocenters. The van der Waals surface area contributed by atoms with Crippen LogP contribution in [0.3, 0.4) is 0 Å². The van der Waals surface area contributed by atoms with Gasteiger partial charge in [0.2, 0.25) is 0 Å². The molecule has 0 fully saturated rings. The minimum atomic E-state index is -0.475. The second-order valence-corrected chi connectivity index (χ2v) is 15.7. The van der Waals surface area contributed by atoms with Gasteiger partial charge in [-0.25, -0.2) is 4.57 Å². The van der Waals surface area contributed by atoms with E-state index in [9.17, 15) is 0 Å². The summed E-state index contributed by atoms with van der Waals surface area (Å²) in [5, 5.41) is 5.20. The number of aromatic nitrogens is 3. The minimum Gasteiger partial charge on any atom is -0.300 e. The second-order valence-electron chi connectivity index (χ2n) is 14.7. The molecule has 4 heteroatoms. The zero-order valence-electron chi connectivity index (χ0n) is 27.4. The van der Waals surface area contributed by atoms with Crippen molar-refractivity contribution in [2.75, 3.05) is 0 Å². The molecule has 230 valence electrons. The van der Waals surface area contributed by atoms with E-state index in [0.717, 1.165) is 11.3 Å². The Morgan fingerprint density at radius 1 is 0.633 bits per heavy atom. The van der Waals surface area contributed by atoms with Crippen LogP contribution in [-0.4, -0.2) is 9.55 Å². The SMILES string of the molecule is CC1(C)c2ccccc2-c2ccc(-c3c4ccccc4nc4[n+]3C3(C)c5c-4cccc5-n4c5sc6ccccc6c5c5cccc3c54)cc21. The van der Waals surface area contributed by atoms with Gasteiger partial charge < -0.3 is 0 Å². The van der Waals surface area contributed by atoms with E-state index < -0.39 is 5.54 Å². The largest absolute Gasteiger partial charge is 0.333 e. The number of benzene rings is 6. The number of rotatable bonds is 1. The molecule has 0 saturated carbocycles. The average molecular weight is 645 g/mol. The van der Waals surface area contributed by atoms with Crippen LogP contribution in [-0.2, 0) is 11.0 Å². The topological polar surface area (TPSA) is 21.7 Å². The van der Waals surface area contributed by atoms with Crippen LogP contribution in [0.15, 0.2) is 127 Å². The first-order valence-electron chi connectivity index (χ1n) is 17.2. The van der Waals surface area contributed by atoms with Crippen molar-refractivity contribution in [3.63, 3.8) is 0 Å². The molecule has 1 aliphatic carbocycles. The van der Waals surface area contributed by atoms with Crippen molar-refractivity contribution in [1.29, 1.82) is 0 Å². The van der Waals surface area contributed by atoms with Gasteiger partial charge in [0.25, 0.3) is 0 Å². The average Bonchev–Trinajstić information content (AvgIpc) is 3.81. The Hall–Kier alpha value is -5.58. The molecule has 12 rings (SSSR count). The fourth-order valence-corrected chi connectivity index (χ4v) is 11.1. The van der Waals surface area contributed by atoms with Crippen molar-refractivity contribution in [1.82, 2.24) is 9.55 Å². The number of hydrogen-bond donors (Lipinski definition) is 0. The molecule has 3 aliphatic rings. The molecule has 0 amide bonds. The highest BCUT2D eigenvalue weighted by Crippen LogP contribution is 2.55. The highest BCUT2D eigenvalue weighted by Gasteiger charge is 2.55. The number of hydrogen-bond acceptors (Lipinski definition) is 2. The summed E-state index contributed by atoms with van der Waals surface area (Å²) in [6, 6.07) is 47.5. The summed E-state index contributed by atoms with van der Waals surface area (Å²) in [7, 11) is 0. The van der Waals surface area contributed by atoms with Crippen LogP contribution in [0.2, 0.25) is 0 Å². The predicted molar refractivity (Wildman–Crippen MR) is 202 cm³/mol. The smallest absolute Gasteiger partial charge is 0.300 e. The molecule has 2 aliphatic heterocycles. The van der Waals surface area contributed by atoms with Gasteiger partial charge in [-0.1, -0.05) is 105 Å². The Labute approximate surface area is 287 Å². The Morgan fingerprint density at radius 3 is 2.27 bits per heavy atom. The maximum atomic E-state index is 5.49. The number of nitrogens with zero attached hydrogens (tertiary/aromatic N) is 3. The molecule has 5 heterocycles. The molecule has 0 N–H and O–H groups in total. The summed E-state index contributed by atoms with van der Waals surface area (Å²) in [6.07, 6.45) is 0. The fraction of sp³-hybridized carbons (Fsp3) is 0.111. The summed E-state index contributed by atoms with van der Waals surface area (Å²) in [5.41, 5.74) is 14.8. The van der Waals surface area contributed by atoms with Crippen LogP contribution < -0.4 is 4.57 Å². The van der Waals surface area contributed by atoms with E-state index in [-0.39, 0.29) is 5.41 Å². The molecular formula is C45H30N3S+. The Bertz CT molecular complexity index is 2990. The molecule has 3 nitrogen and oxygen atoms in total. The van der Waals surface area contributed by atoms with Gasteiger partial charge in [0, 0.05) is 43.0 Å². The van der Waals surface area contributed by atoms with Crippen molar-refractivity contribution in [2.24, 2.45) is 0 Å². The maximum absolute atomic E-state index is 5.49. The molecule has 1 unspecified atom stereocenters. The van der Waals surface area contributed by atoms with Gasteiger partial charge in [0.15, 0.2) is 11.1 Å².